The Morgan fingerprint density at radius 3 is 1.67 bits per heavy atom. The second-order valence-corrected chi connectivity index (χ2v) is 7.75. The second kappa shape index (κ2) is 24.5. The lowest BCUT2D eigenvalue weighted by molar-refractivity contribution is -0.139. The quantitative estimate of drug-likeness (QED) is 0.286. The van der Waals surface area contributed by atoms with E-state index in [0.29, 0.717) is 13.2 Å². The average molecular weight is 440 g/mol. The molecule has 0 heterocycles. The van der Waals surface area contributed by atoms with E-state index in [9.17, 15) is 4.79 Å². The van der Waals surface area contributed by atoms with Gasteiger partial charge in [-0.1, -0.05) is 40.5 Å². The molecule has 184 valence electrons. The molecular formula is C22H49NO7. The van der Waals surface area contributed by atoms with Crippen molar-refractivity contribution >= 4 is 5.97 Å². The van der Waals surface area contributed by atoms with Crippen LogP contribution in [0.5, 0.6) is 0 Å². The van der Waals surface area contributed by atoms with Gasteiger partial charge in [-0.15, -0.1) is 0 Å². The van der Waals surface area contributed by atoms with Crippen LogP contribution in [0.3, 0.4) is 0 Å². The Labute approximate surface area is 184 Å². The maximum atomic E-state index is 10.0. The van der Waals surface area contributed by atoms with E-state index in [-0.39, 0.29) is 24.7 Å². The molecule has 0 saturated heterocycles. The van der Waals surface area contributed by atoms with Crippen LogP contribution in [0.1, 0.15) is 74.1 Å². The minimum atomic E-state index is -0.931. The van der Waals surface area contributed by atoms with Crippen LogP contribution in [-0.2, 0) is 19.0 Å². The average Bonchev–Trinajstić information content (AvgIpc) is 2.70. The molecule has 3 unspecified atom stereocenters. The summed E-state index contributed by atoms with van der Waals surface area (Å²) in [5.41, 5.74) is 5.16. The van der Waals surface area contributed by atoms with Gasteiger partial charge >= 0.3 is 5.97 Å². The first-order valence-electron chi connectivity index (χ1n) is 11.1. The minimum absolute atomic E-state index is 0.0170. The number of aliphatic carboxylic acids is 1. The van der Waals surface area contributed by atoms with Crippen molar-refractivity contribution in [3.8, 4) is 0 Å². The highest BCUT2D eigenvalue weighted by Crippen LogP contribution is 1.97. The fourth-order valence-corrected chi connectivity index (χ4v) is 1.58. The Balaban J connectivity index is -0.000000379. The van der Waals surface area contributed by atoms with E-state index in [1.54, 1.807) is 27.7 Å². The first kappa shape index (κ1) is 33.9. The molecule has 0 aromatic rings. The fraction of sp³-hybridized carbons (Fsp3) is 0.955. The van der Waals surface area contributed by atoms with Crippen LogP contribution in [0.2, 0.25) is 0 Å². The van der Waals surface area contributed by atoms with Gasteiger partial charge in [-0.25, -0.2) is 0 Å². The Hall–Kier alpha value is -0.770. The molecule has 8 nitrogen and oxygen atoms in total. The number of aliphatic hydroxyl groups excluding tert-OH is 2. The van der Waals surface area contributed by atoms with E-state index in [2.05, 4.69) is 13.8 Å². The molecule has 5 N–H and O–H groups in total. The van der Waals surface area contributed by atoms with E-state index in [0.717, 1.165) is 13.2 Å². The zero-order valence-electron chi connectivity index (χ0n) is 20.3. The summed E-state index contributed by atoms with van der Waals surface area (Å²) in [6.07, 6.45) is 4.25. The summed E-state index contributed by atoms with van der Waals surface area (Å²) in [7, 11) is 0. The highest BCUT2D eigenvalue weighted by molar-refractivity contribution is 5.73. The smallest absolute Gasteiger partial charge is 0.320 e. The van der Waals surface area contributed by atoms with Crippen molar-refractivity contribution in [2.45, 2.75) is 98.5 Å². The minimum Gasteiger partial charge on any atom is -0.480 e. The predicted octanol–water partition coefficient (Wildman–Crippen LogP) is 2.83. The summed E-state index contributed by atoms with van der Waals surface area (Å²) in [4.78, 5) is 10.0. The van der Waals surface area contributed by atoms with Crippen LogP contribution in [0.25, 0.3) is 0 Å². The predicted molar refractivity (Wildman–Crippen MR) is 121 cm³/mol. The maximum absolute atomic E-state index is 10.0. The largest absolute Gasteiger partial charge is 0.480 e. The molecule has 8 heteroatoms. The summed E-state index contributed by atoms with van der Waals surface area (Å²) in [5, 5.41) is 25.8. The highest BCUT2D eigenvalue weighted by Gasteiger charge is 2.14. The normalized spacial score (nSPS) is 14.6. The third-order valence-corrected chi connectivity index (χ3v) is 3.78. The molecular weight excluding hydrogens is 390 g/mol. The van der Waals surface area contributed by atoms with E-state index in [1.165, 1.54) is 25.7 Å². The monoisotopic (exact) mass is 439 g/mol. The number of carboxylic acids is 1. The SMILES string of the molecule is CC(C)[C@H](N)C(=O)O.CC(O)COC(C)COC(C)CO.CCCCOCCCC. The van der Waals surface area contributed by atoms with Gasteiger partial charge in [0.15, 0.2) is 0 Å². The molecule has 0 rings (SSSR count). The fourth-order valence-electron chi connectivity index (χ4n) is 1.58. The number of nitrogens with two attached hydrogens (primary N) is 1. The number of unbranched alkanes of at least 4 members (excludes halogenated alkanes) is 2. The number of aliphatic hydroxyl groups is 2. The summed E-state index contributed by atoms with van der Waals surface area (Å²) in [5.74, 6) is -0.910. The van der Waals surface area contributed by atoms with Crippen LogP contribution in [-0.4, -0.2) is 78.7 Å². The van der Waals surface area contributed by atoms with Gasteiger partial charge in [0.1, 0.15) is 6.04 Å². The van der Waals surface area contributed by atoms with Crippen molar-refractivity contribution in [1.82, 2.24) is 0 Å². The molecule has 0 aliphatic carbocycles. The zero-order valence-corrected chi connectivity index (χ0v) is 20.3. The van der Waals surface area contributed by atoms with Crippen molar-refractivity contribution in [3.05, 3.63) is 0 Å². The van der Waals surface area contributed by atoms with E-state index in [4.69, 9.17) is 35.3 Å². The van der Waals surface area contributed by atoms with Crippen LogP contribution in [0.15, 0.2) is 0 Å². The Morgan fingerprint density at radius 2 is 1.37 bits per heavy atom. The molecule has 0 fully saturated rings. The summed E-state index contributed by atoms with van der Waals surface area (Å²) >= 11 is 0. The number of carboxylic acid groups (broad SMARTS) is 1. The number of rotatable bonds is 15. The van der Waals surface area contributed by atoms with Crippen LogP contribution in [0.4, 0.5) is 0 Å². The van der Waals surface area contributed by atoms with Gasteiger partial charge in [-0.3, -0.25) is 4.79 Å². The second-order valence-electron chi connectivity index (χ2n) is 7.75. The molecule has 0 amide bonds. The van der Waals surface area contributed by atoms with Gasteiger partial charge in [-0.2, -0.15) is 0 Å². The third kappa shape index (κ3) is 29.4. The van der Waals surface area contributed by atoms with Crippen molar-refractivity contribution in [2.24, 2.45) is 11.7 Å². The molecule has 0 aliphatic rings. The molecule has 30 heavy (non-hydrogen) atoms. The number of carbonyl (C=O) groups is 1. The number of ether oxygens (including phenoxy) is 3. The first-order chi connectivity index (χ1) is 14.0. The van der Waals surface area contributed by atoms with Crippen molar-refractivity contribution in [3.63, 3.8) is 0 Å². The van der Waals surface area contributed by atoms with Crippen LogP contribution < -0.4 is 5.73 Å². The molecule has 0 radical (unpaired) electrons. The van der Waals surface area contributed by atoms with E-state index < -0.39 is 18.1 Å². The molecule has 0 spiro atoms. The van der Waals surface area contributed by atoms with E-state index in [1.807, 2.05) is 6.92 Å². The third-order valence-electron chi connectivity index (χ3n) is 3.78. The van der Waals surface area contributed by atoms with Crippen LogP contribution in [0, 0.1) is 5.92 Å². The number of hydrogen-bond donors (Lipinski definition) is 4. The molecule has 0 aromatic heterocycles. The lowest BCUT2D eigenvalue weighted by Crippen LogP contribution is -2.34. The highest BCUT2D eigenvalue weighted by atomic mass is 16.5. The molecule has 0 bridgehead atoms. The Bertz CT molecular complexity index is 348. The van der Waals surface area contributed by atoms with Gasteiger partial charge in [0, 0.05) is 13.2 Å². The van der Waals surface area contributed by atoms with Crippen LogP contribution >= 0.6 is 0 Å². The van der Waals surface area contributed by atoms with Crippen molar-refractivity contribution < 1.29 is 34.3 Å². The summed E-state index contributed by atoms with van der Waals surface area (Å²) in [6.45, 7) is 15.9. The zero-order chi connectivity index (χ0) is 23.9. The molecule has 0 saturated carbocycles. The molecule has 4 atom stereocenters. The lowest BCUT2D eigenvalue weighted by atomic mass is 10.1. The van der Waals surface area contributed by atoms with Gasteiger partial charge < -0.3 is 35.3 Å². The van der Waals surface area contributed by atoms with Gasteiger partial charge in [0.2, 0.25) is 0 Å². The molecule has 0 aromatic carbocycles. The summed E-state index contributed by atoms with van der Waals surface area (Å²) < 4.78 is 15.8. The standard InChI is InChI=1S/C9H20O4.C8H18O.C5H11NO2/c1-7(11)5-12-9(3)6-13-8(2)4-10;1-3-5-7-9-8-6-4-2;1-3(2)4(6)5(7)8/h7-11H,4-6H2,1-3H3;3-8H2,1-2H3;3-4H,6H2,1-2H3,(H,7,8)/t;;4-/m..0/s1. The van der Waals surface area contributed by atoms with Gasteiger partial charge in [0.05, 0.1) is 38.1 Å². The van der Waals surface area contributed by atoms with E-state index >= 15 is 0 Å². The van der Waals surface area contributed by atoms with Crippen molar-refractivity contribution in [1.29, 1.82) is 0 Å². The summed E-state index contributed by atoms with van der Waals surface area (Å²) in [6, 6.07) is -0.713. The van der Waals surface area contributed by atoms with Crippen molar-refractivity contribution in [2.75, 3.05) is 33.0 Å². The first-order valence-corrected chi connectivity index (χ1v) is 11.1. The van der Waals surface area contributed by atoms with Gasteiger partial charge in [0.25, 0.3) is 0 Å². The molecule has 0 aliphatic heterocycles. The lowest BCUT2D eigenvalue weighted by Gasteiger charge is -2.16. The topological polar surface area (TPSA) is 131 Å². The number of hydrogen-bond acceptors (Lipinski definition) is 7. The Kier molecular flexibility index (Phi) is 27.6. The van der Waals surface area contributed by atoms with Gasteiger partial charge in [-0.05, 0) is 39.5 Å². The Morgan fingerprint density at radius 1 is 0.900 bits per heavy atom. The maximum Gasteiger partial charge on any atom is 0.320 e.